The highest BCUT2D eigenvalue weighted by Crippen LogP contribution is 2.31. The van der Waals surface area contributed by atoms with E-state index in [1.54, 1.807) is 25.1 Å². The average Bonchev–Trinajstić information content (AvgIpc) is 3.28. The number of nitrogens with one attached hydrogen (secondary N) is 2. The Morgan fingerprint density at radius 1 is 1.24 bits per heavy atom. The van der Waals surface area contributed by atoms with Crippen LogP contribution in [0.1, 0.15) is 30.3 Å². The first kappa shape index (κ1) is 17.4. The molecule has 25 heavy (non-hydrogen) atoms. The standard InChI is InChI=1S/C18H20ClN3O3/c1-12(20-18(24)16-5-4-10-25-16)17(23)21-14-11-13(19)6-7-15(14)22-8-2-3-9-22/h4-7,10-12H,2-3,8-9H2,1H3,(H,20,24)(H,21,23). The monoisotopic (exact) mass is 361 g/mol. The fourth-order valence-corrected chi connectivity index (χ4v) is 3.00. The van der Waals surface area contributed by atoms with Gasteiger partial charge >= 0.3 is 0 Å². The van der Waals surface area contributed by atoms with Gasteiger partial charge in [0, 0.05) is 18.1 Å². The Labute approximate surface area is 151 Å². The molecule has 0 radical (unpaired) electrons. The van der Waals surface area contributed by atoms with Crippen molar-refractivity contribution in [2.24, 2.45) is 0 Å². The summed E-state index contributed by atoms with van der Waals surface area (Å²) in [5.41, 5.74) is 1.60. The highest BCUT2D eigenvalue weighted by atomic mass is 35.5. The second-order valence-electron chi connectivity index (χ2n) is 6.02. The summed E-state index contributed by atoms with van der Waals surface area (Å²) in [5.74, 6) is -0.582. The summed E-state index contributed by atoms with van der Waals surface area (Å²) < 4.78 is 5.03. The van der Waals surface area contributed by atoms with E-state index < -0.39 is 11.9 Å². The zero-order valence-corrected chi connectivity index (χ0v) is 14.7. The number of rotatable bonds is 5. The molecule has 2 amide bonds. The van der Waals surface area contributed by atoms with Crippen molar-refractivity contribution in [2.45, 2.75) is 25.8 Å². The van der Waals surface area contributed by atoms with Crippen LogP contribution in [0.25, 0.3) is 0 Å². The molecule has 2 aromatic rings. The Morgan fingerprint density at radius 3 is 2.68 bits per heavy atom. The minimum absolute atomic E-state index is 0.167. The lowest BCUT2D eigenvalue weighted by atomic mass is 10.2. The first-order valence-electron chi connectivity index (χ1n) is 8.24. The van der Waals surface area contributed by atoms with E-state index in [1.807, 2.05) is 12.1 Å². The van der Waals surface area contributed by atoms with Gasteiger partial charge in [-0.25, -0.2) is 0 Å². The molecule has 2 N–H and O–H groups in total. The van der Waals surface area contributed by atoms with Gasteiger partial charge in [-0.15, -0.1) is 0 Å². The van der Waals surface area contributed by atoms with Crippen molar-refractivity contribution >= 4 is 34.8 Å². The molecule has 132 valence electrons. The second kappa shape index (κ2) is 7.61. The third-order valence-electron chi connectivity index (χ3n) is 4.15. The summed E-state index contributed by atoms with van der Waals surface area (Å²) in [7, 11) is 0. The highest BCUT2D eigenvalue weighted by Gasteiger charge is 2.21. The maximum absolute atomic E-state index is 12.5. The Balaban J connectivity index is 1.69. The number of halogens is 1. The number of amides is 2. The number of benzene rings is 1. The van der Waals surface area contributed by atoms with E-state index in [9.17, 15) is 9.59 Å². The van der Waals surface area contributed by atoms with Gasteiger partial charge in [0.2, 0.25) is 5.91 Å². The van der Waals surface area contributed by atoms with E-state index in [0.29, 0.717) is 10.7 Å². The Morgan fingerprint density at radius 2 is 2.00 bits per heavy atom. The van der Waals surface area contributed by atoms with E-state index in [0.717, 1.165) is 31.6 Å². The fourth-order valence-electron chi connectivity index (χ4n) is 2.82. The van der Waals surface area contributed by atoms with Gasteiger partial charge in [0.1, 0.15) is 6.04 Å². The van der Waals surface area contributed by atoms with Crippen LogP contribution in [0.2, 0.25) is 5.02 Å². The molecule has 1 atom stereocenters. The summed E-state index contributed by atoms with van der Waals surface area (Å²) >= 11 is 6.09. The smallest absolute Gasteiger partial charge is 0.287 e. The number of anilines is 2. The predicted molar refractivity (Wildman–Crippen MR) is 97.2 cm³/mol. The third kappa shape index (κ3) is 4.14. The van der Waals surface area contributed by atoms with Crippen molar-refractivity contribution in [3.8, 4) is 0 Å². The van der Waals surface area contributed by atoms with E-state index in [2.05, 4.69) is 15.5 Å². The van der Waals surface area contributed by atoms with Gasteiger partial charge in [0.05, 0.1) is 17.6 Å². The molecule has 1 aromatic heterocycles. The second-order valence-corrected chi connectivity index (χ2v) is 6.45. The topological polar surface area (TPSA) is 74.6 Å². The summed E-state index contributed by atoms with van der Waals surface area (Å²) in [6.07, 6.45) is 3.67. The van der Waals surface area contributed by atoms with Crippen LogP contribution in [0.15, 0.2) is 41.0 Å². The zero-order chi connectivity index (χ0) is 17.8. The number of carbonyl (C=O) groups excluding carboxylic acids is 2. The number of nitrogens with zero attached hydrogens (tertiary/aromatic N) is 1. The normalized spacial score (nSPS) is 15.0. The van der Waals surface area contributed by atoms with Crippen molar-refractivity contribution < 1.29 is 14.0 Å². The largest absolute Gasteiger partial charge is 0.459 e. The first-order chi connectivity index (χ1) is 12.0. The molecule has 6 nitrogen and oxygen atoms in total. The zero-order valence-electron chi connectivity index (χ0n) is 13.9. The van der Waals surface area contributed by atoms with Crippen LogP contribution in [0.4, 0.5) is 11.4 Å². The molecule has 1 aliphatic heterocycles. The van der Waals surface area contributed by atoms with Gasteiger partial charge in [-0.3, -0.25) is 9.59 Å². The van der Waals surface area contributed by atoms with Crippen LogP contribution in [0.5, 0.6) is 0 Å². The maximum Gasteiger partial charge on any atom is 0.287 e. The lowest BCUT2D eigenvalue weighted by Gasteiger charge is -2.23. The van der Waals surface area contributed by atoms with Gasteiger partial charge in [0.15, 0.2) is 5.76 Å². The SMILES string of the molecule is CC(NC(=O)c1ccco1)C(=O)Nc1cc(Cl)ccc1N1CCCC1. The number of carbonyl (C=O) groups is 2. The Kier molecular flexibility index (Phi) is 5.28. The predicted octanol–water partition coefficient (Wildman–Crippen LogP) is 3.29. The first-order valence-corrected chi connectivity index (χ1v) is 8.62. The summed E-state index contributed by atoms with van der Waals surface area (Å²) in [5, 5.41) is 6.03. The van der Waals surface area contributed by atoms with Crippen molar-refractivity contribution in [2.75, 3.05) is 23.3 Å². The number of hydrogen-bond acceptors (Lipinski definition) is 4. The molecule has 7 heteroatoms. The lowest BCUT2D eigenvalue weighted by molar-refractivity contribution is -0.117. The molecular weight excluding hydrogens is 342 g/mol. The van der Waals surface area contributed by atoms with E-state index in [4.69, 9.17) is 16.0 Å². The highest BCUT2D eigenvalue weighted by molar-refractivity contribution is 6.31. The molecule has 1 aliphatic rings. The molecule has 1 aromatic carbocycles. The summed E-state index contributed by atoms with van der Waals surface area (Å²) in [4.78, 5) is 26.7. The molecule has 0 spiro atoms. The lowest BCUT2D eigenvalue weighted by Crippen LogP contribution is -2.41. The van der Waals surface area contributed by atoms with Gasteiger partial charge in [-0.05, 0) is 50.1 Å². The molecule has 0 saturated carbocycles. The molecule has 1 fully saturated rings. The molecular formula is C18H20ClN3O3. The maximum atomic E-state index is 12.5. The molecule has 1 unspecified atom stereocenters. The van der Waals surface area contributed by atoms with Crippen LogP contribution >= 0.6 is 11.6 Å². The van der Waals surface area contributed by atoms with Crippen molar-refractivity contribution in [1.82, 2.24) is 5.32 Å². The van der Waals surface area contributed by atoms with Gasteiger partial charge in [-0.1, -0.05) is 11.6 Å². The van der Waals surface area contributed by atoms with E-state index in [-0.39, 0.29) is 11.7 Å². The van der Waals surface area contributed by atoms with Crippen LogP contribution < -0.4 is 15.5 Å². The van der Waals surface area contributed by atoms with Gasteiger partial charge in [0.25, 0.3) is 5.91 Å². The molecule has 1 saturated heterocycles. The summed E-state index contributed by atoms with van der Waals surface area (Å²) in [6.45, 7) is 3.53. The van der Waals surface area contributed by atoms with Crippen molar-refractivity contribution in [3.63, 3.8) is 0 Å². The third-order valence-corrected chi connectivity index (χ3v) is 4.38. The van der Waals surface area contributed by atoms with Gasteiger partial charge in [-0.2, -0.15) is 0 Å². The van der Waals surface area contributed by atoms with Crippen LogP contribution in [-0.2, 0) is 4.79 Å². The number of hydrogen-bond donors (Lipinski definition) is 2. The number of furan rings is 1. The van der Waals surface area contributed by atoms with Gasteiger partial charge < -0.3 is 20.0 Å². The Hall–Kier alpha value is -2.47. The van der Waals surface area contributed by atoms with Crippen molar-refractivity contribution in [1.29, 1.82) is 0 Å². The molecule has 0 bridgehead atoms. The Bertz CT molecular complexity index is 755. The minimum atomic E-state index is -0.719. The van der Waals surface area contributed by atoms with E-state index in [1.165, 1.54) is 6.26 Å². The molecule has 2 heterocycles. The quantitative estimate of drug-likeness (QED) is 0.857. The molecule has 0 aliphatic carbocycles. The van der Waals surface area contributed by atoms with Crippen LogP contribution in [0.3, 0.4) is 0 Å². The van der Waals surface area contributed by atoms with E-state index >= 15 is 0 Å². The van der Waals surface area contributed by atoms with Crippen LogP contribution in [-0.4, -0.2) is 30.9 Å². The fraction of sp³-hybridized carbons (Fsp3) is 0.333. The van der Waals surface area contributed by atoms with Crippen LogP contribution in [0, 0.1) is 0 Å². The van der Waals surface area contributed by atoms with Crippen molar-refractivity contribution in [3.05, 3.63) is 47.4 Å². The summed E-state index contributed by atoms with van der Waals surface area (Å²) in [6, 6.07) is 7.90. The minimum Gasteiger partial charge on any atom is -0.459 e. The molecule has 3 rings (SSSR count). The average molecular weight is 362 g/mol.